The standard InChI is InChI=1S/C22H35N5O/c1-23-22(24-11-15-26-12-6-3-7-13-26)25-17-20-16-21(28)27(18-20)14-10-19-8-4-2-5-9-19/h2,4-5,8-9,20H,3,6-7,10-18H2,1H3,(H2,23,24,25). The van der Waals surface area contributed by atoms with Gasteiger partial charge in [0.15, 0.2) is 5.96 Å². The van der Waals surface area contributed by atoms with Crippen LogP contribution in [-0.2, 0) is 11.2 Å². The minimum atomic E-state index is 0.274. The molecular weight excluding hydrogens is 350 g/mol. The Balaban J connectivity index is 1.33. The van der Waals surface area contributed by atoms with Crippen molar-refractivity contribution in [3.8, 4) is 0 Å². The average Bonchev–Trinajstić information content (AvgIpc) is 3.10. The van der Waals surface area contributed by atoms with Gasteiger partial charge in [0.25, 0.3) is 0 Å². The largest absolute Gasteiger partial charge is 0.356 e. The van der Waals surface area contributed by atoms with Crippen molar-refractivity contribution in [3.05, 3.63) is 35.9 Å². The molecule has 1 aromatic carbocycles. The van der Waals surface area contributed by atoms with Gasteiger partial charge in [0.1, 0.15) is 0 Å². The van der Waals surface area contributed by atoms with E-state index in [4.69, 9.17) is 0 Å². The number of guanidine groups is 1. The number of rotatable bonds is 8. The van der Waals surface area contributed by atoms with E-state index in [0.29, 0.717) is 12.3 Å². The van der Waals surface area contributed by atoms with Gasteiger partial charge in [-0.3, -0.25) is 9.79 Å². The highest BCUT2D eigenvalue weighted by molar-refractivity contribution is 5.80. The van der Waals surface area contributed by atoms with Gasteiger partial charge in [-0.15, -0.1) is 0 Å². The first-order valence-corrected chi connectivity index (χ1v) is 10.7. The molecule has 28 heavy (non-hydrogen) atoms. The number of nitrogens with one attached hydrogen (secondary N) is 2. The zero-order chi connectivity index (χ0) is 19.6. The number of amides is 1. The van der Waals surface area contributed by atoms with Crippen molar-refractivity contribution in [1.29, 1.82) is 0 Å². The number of carbonyl (C=O) groups is 1. The summed E-state index contributed by atoms with van der Waals surface area (Å²) in [7, 11) is 1.81. The molecule has 2 fully saturated rings. The van der Waals surface area contributed by atoms with Crippen molar-refractivity contribution in [2.24, 2.45) is 10.9 Å². The Bertz CT molecular complexity index is 627. The van der Waals surface area contributed by atoms with Crippen LogP contribution in [0.15, 0.2) is 35.3 Å². The molecule has 6 heteroatoms. The van der Waals surface area contributed by atoms with Crippen LogP contribution in [0.25, 0.3) is 0 Å². The predicted octanol–water partition coefficient (Wildman–Crippen LogP) is 1.73. The summed E-state index contributed by atoms with van der Waals surface area (Å²) in [6.45, 7) is 6.85. The molecule has 2 N–H and O–H groups in total. The maximum absolute atomic E-state index is 12.3. The second kappa shape index (κ2) is 11.1. The van der Waals surface area contributed by atoms with Crippen molar-refractivity contribution in [2.45, 2.75) is 32.1 Å². The lowest BCUT2D eigenvalue weighted by Crippen LogP contribution is -2.44. The Morgan fingerprint density at radius 3 is 2.64 bits per heavy atom. The maximum Gasteiger partial charge on any atom is 0.223 e. The molecule has 1 unspecified atom stereocenters. The normalized spacial score (nSPS) is 21.2. The Morgan fingerprint density at radius 2 is 1.89 bits per heavy atom. The first-order chi connectivity index (χ1) is 13.7. The summed E-state index contributed by atoms with van der Waals surface area (Å²) in [5, 5.41) is 6.81. The van der Waals surface area contributed by atoms with E-state index in [1.807, 2.05) is 18.0 Å². The zero-order valence-electron chi connectivity index (χ0n) is 17.2. The Labute approximate surface area is 169 Å². The quantitative estimate of drug-likeness (QED) is 0.529. The maximum atomic E-state index is 12.3. The molecule has 2 heterocycles. The molecule has 0 aromatic heterocycles. The zero-order valence-corrected chi connectivity index (χ0v) is 17.2. The van der Waals surface area contributed by atoms with E-state index in [-0.39, 0.29) is 5.91 Å². The highest BCUT2D eigenvalue weighted by atomic mass is 16.2. The first kappa shape index (κ1) is 20.6. The Kier molecular flexibility index (Phi) is 8.15. The molecular formula is C22H35N5O. The first-order valence-electron chi connectivity index (χ1n) is 10.7. The Morgan fingerprint density at radius 1 is 1.11 bits per heavy atom. The topological polar surface area (TPSA) is 60.0 Å². The van der Waals surface area contributed by atoms with Crippen LogP contribution in [-0.4, -0.2) is 74.5 Å². The van der Waals surface area contributed by atoms with E-state index in [1.54, 1.807) is 0 Å². The number of nitrogens with zero attached hydrogens (tertiary/aromatic N) is 3. The fourth-order valence-corrected chi connectivity index (χ4v) is 4.09. The lowest BCUT2D eigenvalue weighted by atomic mass is 10.1. The third kappa shape index (κ3) is 6.51. The van der Waals surface area contributed by atoms with Crippen LogP contribution in [0, 0.1) is 5.92 Å². The Hall–Kier alpha value is -2.08. The summed E-state index contributed by atoms with van der Waals surface area (Å²) in [6, 6.07) is 10.4. The SMILES string of the molecule is CN=C(NCCN1CCCCC1)NCC1CC(=O)N(CCc2ccccc2)C1. The molecule has 6 nitrogen and oxygen atoms in total. The van der Waals surface area contributed by atoms with Gasteiger partial charge in [0, 0.05) is 52.1 Å². The highest BCUT2D eigenvalue weighted by Crippen LogP contribution is 2.17. The van der Waals surface area contributed by atoms with E-state index < -0.39 is 0 Å². The molecule has 2 saturated heterocycles. The van der Waals surface area contributed by atoms with Gasteiger partial charge in [0.2, 0.25) is 5.91 Å². The molecule has 154 valence electrons. The minimum Gasteiger partial charge on any atom is -0.356 e. The number of likely N-dealkylation sites (tertiary alicyclic amines) is 2. The second-order valence-electron chi connectivity index (χ2n) is 7.93. The lowest BCUT2D eigenvalue weighted by Gasteiger charge is -2.26. The van der Waals surface area contributed by atoms with E-state index in [9.17, 15) is 4.79 Å². The smallest absolute Gasteiger partial charge is 0.223 e. The summed E-state index contributed by atoms with van der Waals surface area (Å²) < 4.78 is 0. The number of hydrogen-bond acceptors (Lipinski definition) is 3. The van der Waals surface area contributed by atoms with Crippen molar-refractivity contribution in [3.63, 3.8) is 0 Å². The fourth-order valence-electron chi connectivity index (χ4n) is 4.09. The van der Waals surface area contributed by atoms with Gasteiger partial charge >= 0.3 is 0 Å². The van der Waals surface area contributed by atoms with Crippen molar-refractivity contribution in [2.75, 3.05) is 52.9 Å². The van der Waals surface area contributed by atoms with Gasteiger partial charge in [0.05, 0.1) is 0 Å². The van der Waals surface area contributed by atoms with Crippen LogP contribution in [0.5, 0.6) is 0 Å². The predicted molar refractivity (Wildman–Crippen MR) is 114 cm³/mol. The summed E-state index contributed by atoms with van der Waals surface area (Å²) in [5.41, 5.74) is 1.29. The summed E-state index contributed by atoms with van der Waals surface area (Å²) in [5.74, 6) is 1.46. The van der Waals surface area contributed by atoms with Crippen LogP contribution in [0.4, 0.5) is 0 Å². The van der Waals surface area contributed by atoms with E-state index in [0.717, 1.165) is 45.1 Å². The molecule has 2 aliphatic heterocycles. The second-order valence-corrected chi connectivity index (χ2v) is 7.93. The van der Waals surface area contributed by atoms with E-state index >= 15 is 0 Å². The molecule has 0 bridgehead atoms. The van der Waals surface area contributed by atoms with E-state index in [1.165, 1.54) is 37.9 Å². The number of piperidine rings is 1. The van der Waals surface area contributed by atoms with Crippen molar-refractivity contribution in [1.82, 2.24) is 20.4 Å². The van der Waals surface area contributed by atoms with E-state index in [2.05, 4.69) is 44.8 Å². The molecule has 3 rings (SSSR count). The van der Waals surface area contributed by atoms with Gasteiger partial charge in [-0.25, -0.2) is 0 Å². The van der Waals surface area contributed by atoms with Gasteiger partial charge in [-0.05, 0) is 37.9 Å². The molecule has 0 aliphatic carbocycles. The molecule has 0 radical (unpaired) electrons. The fraction of sp³-hybridized carbons (Fsp3) is 0.636. The summed E-state index contributed by atoms with van der Waals surface area (Å²) >= 11 is 0. The van der Waals surface area contributed by atoms with Crippen LogP contribution >= 0.6 is 0 Å². The number of benzene rings is 1. The van der Waals surface area contributed by atoms with Gasteiger partial charge in [-0.1, -0.05) is 36.8 Å². The number of carbonyl (C=O) groups excluding carboxylic acids is 1. The van der Waals surface area contributed by atoms with Crippen LogP contribution in [0.3, 0.4) is 0 Å². The monoisotopic (exact) mass is 385 g/mol. The lowest BCUT2D eigenvalue weighted by molar-refractivity contribution is -0.127. The average molecular weight is 386 g/mol. The molecule has 2 aliphatic rings. The number of hydrogen-bond donors (Lipinski definition) is 2. The van der Waals surface area contributed by atoms with Crippen molar-refractivity contribution >= 4 is 11.9 Å². The number of aliphatic imine (C=N–C) groups is 1. The van der Waals surface area contributed by atoms with Crippen LogP contribution in [0.2, 0.25) is 0 Å². The highest BCUT2D eigenvalue weighted by Gasteiger charge is 2.29. The minimum absolute atomic E-state index is 0.274. The third-order valence-electron chi connectivity index (χ3n) is 5.76. The molecule has 0 saturated carbocycles. The van der Waals surface area contributed by atoms with Crippen LogP contribution < -0.4 is 10.6 Å². The van der Waals surface area contributed by atoms with Gasteiger partial charge < -0.3 is 20.4 Å². The molecule has 1 aromatic rings. The van der Waals surface area contributed by atoms with Crippen molar-refractivity contribution < 1.29 is 4.79 Å². The molecule has 1 amide bonds. The summed E-state index contributed by atoms with van der Waals surface area (Å²) in [4.78, 5) is 21.2. The molecule has 0 spiro atoms. The third-order valence-corrected chi connectivity index (χ3v) is 5.76. The molecule has 1 atom stereocenters. The summed E-state index contributed by atoms with van der Waals surface area (Å²) in [6.07, 6.45) is 5.57. The van der Waals surface area contributed by atoms with Crippen LogP contribution in [0.1, 0.15) is 31.2 Å². The van der Waals surface area contributed by atoms with Gasteiger partial charge in [-0.2, -0.15) is 0 Å².